The Balaban J connectivity index is 2.21. The number of hydrogen-bond donors (Lipinski definition) is 1. The van der Waals surface area contributed by atoms with Gasteiger partial charge in [-0.3, -0.25) is 0 Å². The fraction of sp³-hybridized carbons (Fsp3) is 1.00. The van der Waals surface area contributed by atoms with Crippen LogP contribution >= 0.6 is 0 Å². The predicted molar refractivity (Wildman–Crippen MR) is 57.6 cm³/mol. The normalized spacial score (nSPS) is 20.1. The number of ether oxygens (including phenoxy) is 2. The second-order valence-corrected chi connectivity index (χ2v) is 3.97. The van der Waals surface area contributed by atoms with Gasteiger partial charge in [0.25, 0.3) is 0 Å². The molecule has 3 nitrogen and oxygen atoms in total. The molecular formula is C11H23NO2. The van der Waals surface area contributed by atoms with E-state index >= 15 is 0 Å². The Bertz CT molecular complexity index is 144. The lowest BCUT2D eigenvalue weighted by Crippen LogP contribution is -2.40. The summed E-state index contributed by atoms with van der Waals surface area (Å²) in [5, 5.41) is 3.23. The summed E-state index contributed by atoms with van der Waals surface area (Å²) < 4.78 is 11.2. The van der Waals surface area contributed by atoms with Crippen LogP contribution in [-0.2, 0) is 9.47 Å². The molecule has 0 heterocycles. The quantitative estimate of drug-likeness (QED) is 0.634. The number of likely N-dealkylation sites (N-methyl/N-ethyl adjacent to an activating group) is 1. The van der Waals surface area contributed by atoms with E-state index < -0.39 is 0 Å². The van der Waals surface area contributed by atoms with Crippen molar-refractivity contribution in [1.29, 1.82) is 0 Å². The zero-order chi connectivity index (χ0) is 10.3. The molecular weight excluding hydrogens is 178 g/mol. The van der Waals surface area contributed by atoms with E-state index in [4.69, 9.17) is 9.47 Å². The maximum absolute atomic E-state index is 5.95. The lowest BCUT2D eigenvalue weighted by Gasteiger charge is -2.29. The highest BCUT2D eigenvalue weighted by Crippen LogP contribution is 2.32. The summed E-state index contributed by atoms with van der Waals surface area (Å²) in [4.78, 5) is 0. The highest BCUT2D eigenvalue weighted by atomic mass is 16.5. The van der Waals surface area contributed by atoms with E-state index in [1.54, 1.807) is 0 Å². The molecule has 1 aliphatic carbocycles. The van der Waals surface area contributed by atoms with E-state index in [-0.39, 0.29) is 5.60 Å². The van der Waals surface area contributed by atoms with Gasteiger partial charge in [-0.1, -0.05) is 12.8 Å². The molecule has 0 aromatic rings. The van der Waals surface area contributed by atoms with Crippen molar-refractivity contribution in [2.45, 2.75) is 38.2 Å². The number of hydrogen-bond acceptors (Lipinski definition) is 3. The lowest BCUT2D eigenvalue weighted by molar-refractivity contribution is -0.0606. The summed E-state index contributed by atoms with van der Waals surface area (Å²) in [5.41, 5.74) is 0.103. The molecule has 0 aliphatic heterocycles. The molecule has 1 rings (SSSR count). The van der Waals surface area contributed by atoms with Crippen molar-refractivity contribution in [2.75, 3.05) is 33.4 Å². The van der Waals surface area contributed by atoms with Crippen LogP contribution in [0.5, 0.6) is 0 Å². The molecule has 1 N–H and O–H groups in total. The van der Waals surface area contributed by atoms with Crippen LogP contribution in [0.2, 0.25) is 0 Å². The summed E-state index contributed by atoms with van der Waals surface area (Å²) in [7, 11) is 1.99. The average Bonchev–Trinajstić information content (AvgIpc) is 2.63. The molecule has 0 unspecified atom stereocenters. The van der Waals surface area contributed by atoms with Crippen molar-refractivity contribution in [1.82, 2.24) is 5.32 Å². The molecule has 0 radical (unpaired) electrons. The Hall–Kier alpha value is -0.120. The van der Waals surface area contributed by atoms with Gasteiger partial charge in [0.2, 0.25) is 0 Å². The smallest absolute Gasteiger partial charge is 0.0807 e. The van der Waals surface area contributed by atoms with E-state index in [1.807, 2.05) is 14.0 Å². The predicted octanol–water partition coefficient (Wildman–Crippen LogP) is 1.57. The van der Waals surface area contributed by atoms with Crippen LogP contribution in [0.15, 0.2) is 0 Å². The first-order valence-electron chi connectivity index (χ1n) is 5.69. The summed E-state index contributed by atoms with van der Waals surface area (Å²) in [6.45, 7) is 5.22. The first-order valence-corrected chi connectivity index (χ1v) is 5.69. The van der Waals surface area contributed by atoms with Gasteiger partial charge in [0.1, 0.15) is 0 Å². The van der Waals surface area contributed by atoms with Crippen LogP contribution in [0, 0.1) is 0 Å². The Morgan fingerprint density at radius 3 is 2.50 bits per heavy atom. The molecule has 0 aromatic carbocycles. The number of rotatable bonds is 7. The molecule has 84 valence electrons. The van der Waals surface area contributed by atoms with E-state index in [0.717, 1.165) is 26.4 Å². The second-order valence-electron chi connectivity index (χ2n) is 3.97. The summed E-state index contributed by atoms with van der Waals surface area (Å²) in [6, 6.07) is 0. The van der Waals surface area contributed by atoms with Gasteiger partial charge in [-0.25, -0.2) is 0 Å². The average molecular weight is 201 g/mol. The molecule has 14 heavy (non-hydrogen) atoms. The SMILES string of the molecule is CCOCCOC1(CNC)CCCC1. The lowest BCUT2D eigenvalue weighted by atomic mass is 10.0. The maximum Gasteiger partial charge on any atom is 0.0807 e. The largest absolute Gasteiger partial charge is 0.379 e. The maximum atomic E-state index is 5.95. The molecule has 1 saturated carbocycles. The van der Waals surface area contributed by atoms with Crippen molar-refractivity contribution in [3.8, 4) is 0 Å². The molecule has 0 spiro atoms. The third-order valence-electron chi connectivity index (χ3n) is 2.85. The fourth-order valence-corrected chi connectivity index (χ4v) is 2.18. The van der Waals surface area contributed by atoms with Crippen molar-refractivity contribution in [3.05, 3.63) is 0 Å². The van der Waals surface area contributed by atoms with Crippen molar-refractivity contribution in [3.63, 3.8) is 0 Å². The van der Waals surface area contributed by atoms with Gasteiger partial charge < -0.3 is 14.8 Å². The topological polar surface area (TPSA) is 30.5 Å². The van der Waals surface area contributed by atoms with E-state index in [2.05, 4.69) is 5.32 Å². The van der Waals surface area contributed by atoms with Gasteiger partial charge in [0.05, 0.1) is 18.8 Å². The third-order valence-corrected chi connectivity index (χ3v) is 2.85. The van der Waals surface area contributed by atoms with E-state index in [1.165, 1.54) is 25.7 Å². The molecule has 0 amide bonds. The Morgan fingerprint density at radius 2 is 1.93 bits per heavy atom. The Labute approximate surface area is 87.2 Å². The van der Waals surface area contributed by atoms with Crippen molar-refractivity contribution >= 4 is 0 Å². The zero-order valence-electron chi connectivity index (χ0n) is 9.47. The minimum absolute atomic E-state index is 0.103. The van der Waals surface area contributed by atoms with E-state index in [0.29, 0.717) is 0 Å². The summed E-state index contributed by atoms with van der Waals surface area (Å²) >= 11 is 0. The Morgan fingerprint density at radius 1 is 1.21 bits per heavy atom. The fourth-order valence-electron chi connectivity index (χ4n) is 2.18. The third kappa shape index (κ3) is 3.56. The van der Waals surface area contributed by atoms with Gasteiger partial charge in [0.15, 0.2) is 0 Å². The first kappa shape index (κ1) is 12.0. The van der Waals surface area contributed by atoms with Crippen LogP contribution in [-0.4, -0.2) is 39.0 Å². The monoisotopic (exact) mass is 201 g/mol. The molecule has 0 bridgehead atoms. The highest BCUT2D eigenvalue weighted by molar-refractivity contribution is 4.88. The molecule has 0 atom stereocenters. The van der Waals surface area contributed by atoms with Crippen molar-refractivity contribution < 1.29 is 9.47 Å². The van der Waals surface area contributed by atoms with E-state index in [9.17, 15) is 0 Å². The standard InChI is InChI=1S/C11H23NO2/c1-3-13-8-9-14-11(10-12-2)6-4-5-7-11/h12H,3-10H2,1-2H3. The van der Waals surface area contributed by atoms with Crippen LogP contribution in [0.3, 0.4) is 0 Å². The molecule has 3 heteroatoms. The number of nitrogens with one attached hydrogen (secondary N) is 1. The van der Waals surface area contributed by atoms with Gasteiger partial charge in [0, 0.05) is 13.2 Å². The molecule has 0 saturated heterocycles. The minimum Gasteiger partial charge on any atom is -0.379 e. The van der Waals surface area contributed by atoms with Gasteiger partial charge in [-0.15, -0.1) is 0 Å². The molecule has 0 aromatic heterocycles. The Kier molecular flexibility index (Phi) is 5.45. The first-order chi connectivity index (χ1) is 6.83. The van der Waals surface area contributed by atoms with Crippen LogP contribution < -0.4 is 5.32 Å². The van der Waals surface area contributed by atoms with Crippen molar-refractivity contribution in [2.24, 2.45) is 0 Å². The van der Waals surface area contributed by atoms with Gasteiger partial charge in [-0.05, 0) is 26.8 Å². The van der Waals surface area contributed by atoms with Gasteiger partial charge in [-0.2, -0.15) is 0 Å². The minimum atomic E-state index is 0.103. The van der Waals surface area contributed by atoms with Crippen LogP contribution in [0.4, 0.5) is 0 Å². The van der Waals surface area contributed by atoms with Crippen LogP contribution in [0.1, 0.15) is 32.6 Å². The molecule has 1 aliphatic rings. The zero-order valence-corrected chi connectivity index (χ0v) is 9.47. The highest BCUT2D eigenvalue weighted by Gasteiger charge is 2.33. The summed E-state index contributed by atoms with van der Waals surface area (Å²) in [6.07, 6.45) is 4.99. The second kappa shape index (κ2) is 6.38. The van der Waals surface area contributed by atoms with Gasteiger partial charge >= 0.3 is 0 Å². The molecule has 1 fully saturated rings. The van der Waals surface area contributed by atoms with Crippen LogP contribution in [0.25, 0.3) is 0 Å². The summed E-state index contributed by atoms with van der Waals surface area (Å²) in [5.74, 6) is 0.